The summed E-state index contributed by atoms with van der Waals surface area (Å²) in [6.07, 6.45) is 0.261. The smallest absolute Gasteiger partial charge is 0.221 e. The van der Waals surface area contributed by atoms with Gasteiger partial charge in [-0.15, -0.1) is 0 Å². The van der Waals surface area contributed by atoms with Gasteiger partial charge in [-0.05, 0) is 35.9 Å². The molecule has 2 aromatic rings. The lowest BCUT2D eigenvalue weighted by atomic mass is 10.1. The summed E-state index contributed by atoms with van der Waals surface area (Å²) in [7, 11) is 0. The minimum Gasteiger partial charge on any atom is -0.369 e. The minimum atomic E-state index is -0.320. The van der Waals surface area contributed by atoms with Gasteiger partial charge in [-0.3, -0.25) is 4.79 Å². The number of carbonyl (C=O) groups is 1. The van der Waals surface area contributed by atoms with Crippen LogP contribution < -0.4 is 5.73 Å². The van der Waals surface area contributed by atoms with Gasteiger partial charge in [0.1, 0.15) is 0 Å². The van der Waals surface area contributed by atoms with Crippen molar-refractivity contribution >= 4 is 29.3 Å². The van der Waals surface area contributed by atoms with Crippen LogP contribution in [0.1, 0.15) is 5.56 Å². The molecule has 18 heavy (non-hydrogen) atoms. The van der Waals surface area contributed by atoms with Crippen LogP contribution in [-0.2, 0) is 11.2 Å². The Morgan fingerprint density at radius 3 is 2.44 bits per heavy atom. The molecule has 1 amide bonds. The monoisotopic (exact) mass is 277 g/mol. The number of carbonyl (C=O) groups excluding carboxylic acids is 1. The SMILES string of the molecule is NC(=O)Cc1ccccc1Sc1ccc(Cl)cc1. The minimum absolute atomic E-state index is 0.261. The largest absolute Gasteiger partial charge is 0.369 e. The highest BCUT2D eigenvalue weighted by molar-refractivity contribution is 7.99. The number of rotatable bonds is 4. The van der Waals surface area contributed by atoms with Crippen LogP contribution >= 0.6 is 23.4 Å². The molecule has 0 aliphatic carbocycles. The first-order valence-corrected chi connectivity index (χ1v) is 6.64. The van der Waals surface area contributed by atoms with Crippen molar-refractivity contribution in [3.63, 3.8) is 0 Å². The van der Waals surface area contributed by atoms with Crippen molar-refractivity contribution in [2.75, 3.05) is 0 Å². The highest BCUT2D eigenvalue weighted by atomic mass is 35.5. The van der Waals surface area contributed by atoms with E-state index in [0.717, 1.165) is 15.4 Å². The zero-order valence-electron chi connectivity index (χ0n) is 9.60. The molecule has 92 valence electrons. The fourth-order valence-electron chi connectivity index (χ4n) is 1.57. The van der Waals surface area contributed by atoms with E-state index >= 15 is 0 Å². The third-order valence-electron chi connectivity index (χ3n) is 2.38. The highest BCUT2D eigenvalue weighted by Gasteiger charge is 2.06. The molecule has 2 rings (SSSR count). The second kappa shape index (κ2) is 5.94. The Balaban J connectivity index is 2.23. The van der Waals surface area contributed by atoms with Gasteiger partial charge in [0.2, 0.25) is 5.91 Å². The Morgan fingerprint density at radius 1 is 1.11 bits per heavy atom. The van der Waals surface area contributed by atoms with Crippen LogP contribution in [0.4, 0.5) is 0 Å². The molecule has 0 saturated carbocycles. The standard InChI is InChI=1S/C14H12ClNOS/c15-11-5-7-12(8-6-11)18-13-4-2-1-3-10(13)9-14(16)17/h1-8H,9H2,(H2,16,17). The number of halogens is 1. The molecule has 0 saturated heterocycles. The van der Waals surface area contributed by atoms with Crippen molar-refractivity contribution in [2.24, 2.45) is 5.73 Å². The van der Waals surface area contributed by atoms with E-state index in [1.807, 2.05) is 48.5 Å². The Hall–Kier alpha value is -1.45. The number of primary amides is 1. The van der Waals surface area contributed by atoms with E-state index in [1.165, 1.54) is 0 Å². The van der Waals surface area contributed by atoms with Gasteiger partial charge in [-0.2, -0.15) is 0 Å². The van der Waals surface area contributed by atoms with Gasteiger partial charge in [-0.25, -0.2) is 0 Å². The Morgan fingerprint density at radius 2 is 1.78 bits per heavy atom. The lowest BCUT2D eigenvalue weighted by Crippen LogP contribution is -2.14. The van der Waals surface area contributed by atoms with Gasteiger partial charge in [0.05, 0.1) is 6.42 Å². The fraction of sp³-hybridized carbons (Fsp3) is 0.0714. The van der Waals surface area contributed by atoms with Crippen LogP contribution in [0.2, 0.25) is 5.02 Å². The van der Waals surface area contributed by atoms with Crippen molar-refractivity contribution in [2.45, 2.75) is 16.2 Å². The molecule has 0 atom stereocenters. The number of benzene rings is 2. The molecule has 2 nitrogen and oxygen atoms in total. The van der Waals surface area contributed by atoms with Crippen LogP contribution in [0.5, 0.6) is 0 Å². The van der Waals surface area contributed by atoms with Crippen molar-refractivity contribution < 1.29 is 4.79 Å². The average Bonchev–Trinajstić information content (AvgIpc) is 2.34. The van der Waals surface area contributed by atoms with Crippen LogP contribution in [0.15, 0.2) is 58.3 Å². The molecule has 2 N–H and O–H groups in total. The Kier molecular flexibility index (Phi) is 4.28. The maximum absolute atomic E-state index is 11.0. The van der Waals surface area contributed by atoms with E-state index in [0.29, 0.717) is 5.02 Å². The molecule has 0 unspecified atom stereocenters. The Bertz CT molecular complexity index is 554. The molecule has 0 fully saturated rings. The molecule has 0 spiro atoms. The molecule has 0 aliphatic heterocycles. The summed E-state index contributed by atoms with van der Waals surface area (Å²) in [5.74, 6) is -0.320. The maximum atomic E-state index is 11.0. The lowest BCUT2D eigenvalue weighted by molar-refractivity contribution is -0.117. The molecular formula is C14H12ClNOS. The first kappa shape index (κ1) is 13.0. The van der Waals surface area contributed by atoms with Crippen LogP contribution in [0.3, 0.4) is 0 Å². The number of hydrogen-bond acceptors (Lipinski definition) is 2. The molecule has 0 bridgehead atoms. The zero-order chi connectivity index (χ0) is 13.0. The third kappa shape index (κ3) is 3.52. The quantitative estimate of drug-likeness (QED) is 0.929. The van der Waals surface area contributed by atoms with Gasteiger partial charge >= 0.3 is 0 Å². The highest BCUT2D eigenvalue weighted by Crippen LogP contribution is 2.31. The average molecular weight is 278 g/mol. The van der Waals surface area contributed by atoms with E-state index in [-0.39, 0.29) is 12.3 Å². The summed E-state index contributed by atoms with van der Waals surface area (Å²) in [6.45, 7) is 0. The van der Waals surface area contributed by atoms with Crippen molar-refractivity contribution in [1.29, 1.82) is 0 Å². The first-order valence-electron chi connectivity index (χ1n) is 5.45. The second-order valence-electron chi connectivity index (χ2n) is 3.81. The predicted molar refractivity (Wildman–Crippen MR) is 74.9 cm³/mol. The lowest BCUT2D eigenvalue weighted by Gasteiger charge is -2.07. The van der Waals surface area contributed by atoms with Gasteiger partial charge in [0.15, 0.2) is 0 Å². The summed E-state index contributed by atoms with van der Waals surface area (Å²) in [5.41, 5.74) is 6.19. The van der Waals surface area contributed by atoms with E-state index in [2.05, 4.69) is 0 Å². The summed E-state index contributed by atoms with van der Waals surface area (Å²) in [6, 6.07) is 15.4. The Labute approximate surface area is 115 Å². The van der Waals surface area contributed by atoms with Gasteiger partial charge in [0.25, 0.3) is 0 Å². The van der Waals surface area contributed by atoms with E-state index in [9.17, 15) is 4.79 Å². The van der Waals surface area contributed by atoms with Crippen LogP contribution in [0.25, 0.3) is 0 Å². The molecule has 0 radical (unpaired) electrons. The summed E-state index contributed by atoms with van der Waals surface area (Å²) < 4.78 is 0. The van der Waals surface area contributed by atoms with Crippen molar-refractivity contribution in [3.8, 4) is 0 Å². The van der Waals surface area contributed by atoms with Gasteiger partial charge in [-0.1, -0.05) is 41.6 Å². The predicted octanol–water partition coefficient (Wildman–Crippen LogP) is 3.52. The topological polar surface area (TPSA) is 43.1 Å². The molecule has 0 aliphatic rings. The first-order chi connectivity index (χ1) is 8.65. The van der Waals surface area contributed by atoms with Crippen molar-refractivity contribution in [3.05, 3.63) is 59.1 Å². The van der Waals surface area contributed by atoms with E-state index < -0.39 is 0 Å². The van der Waals surface area contributed by atoms with Crippen LogP contribution in [0, 0.1) is 0 Å². The molecule has 2 aromatic carbocycles. The van der Waals surface area contributed by atoms with Crippen molar-refractivity contribution in [1.82, 2.24) is 0 Å². The second-order valence-corrected chi connectivity index (χ2v) is 5.36. The molecule has 0 aromatic heterocycles. The summed E-state index contributed by atoms with van der Waals surface area (Å²) >= 11 is 7.44. The van der Waals surface area contributed by atoms with Gasteiger partial charge in [0, 0.05) is 14.8 Å². The number of nitrogens with two attached hydrogens (primary N) is 1. The van der Waals surface area contributed by atoms with E-state index in [1.54, 1.807) is 11.8 Å². The zero-order valence-corrected chi connectivity index (χ0v) is 11.2. The molecule has 0 heterocycles. The fourth-order valence-corrected chi connectivity index (χ4v) is 2.64. The van der Waals surface area contributed by atoms with Crippen LogP contribution in [-0.4, -0.2) is 5.91 Å². The summed E-state index contributed by atoms with van der Waals surface area (Å²) in [4.78, 5) is 13.1. The molecule has 4 heteroatoms. The third-order valence-corrected chi connectivity index (χ3v) is 3.76. The van der Waals surface area contributed by atoms with Gasteiger partial charge < -0.3 is 5.73 Å². The summed E-state index contributed by atoms with van der Waals surface area (Å²) in [5, 5.41) is 0.713. The van der Waals surface area contributed by atoms with E-state index in [4.69, 9.17) is 17.3 Å². The normalized spacial score (nSPS) is 10.3. The molecular weight excluding hydrogens is 266 g/mol. The number of hydrogen-bond donors (Lipinski definition) is 1. The number of amides is 1. The maximum Gasteiger partial charge on any atom is 0.221 e.